The number of hydrogen-bond donors (Lipinski definition) is 1. The van der Waals surface area contributed by atoms with E-state index in [2.05, 4.69) is 0 Å². The Morgan fingerprint density at radius 2 is 1.59 bits per heavy atom. The minimum Gasteiger partial charge on any atom is -0.450 e. The second kappa shape index (κ2) is 8.16. The predicted octanol–water partition coefficient (Wildman–Crippen LogP) is 4.58. The fourth-order valence-corrected chi connectivity index (χ4v) is 6.27. The molecule has 1 aliphatic carbocycles. The van der Waals surface area contributed by atoms with Crippen LogP contribution in [0.4, 0.5) is 4.79 Å². The van der Waals surface area contributed by atoms with Crippen LogP contribution in [-0.2, 0) is 14.8 Å². The van der Waals surface area contributed by atoms with Crippen LogP contribution in [0.5, 0.6) is 0 Å². The molecule has 3 unspecified atom stereocenters. The van der Waals surface area contributed by atoms with Crippen LogP contribution in [-0.4, -0.2) is 36.8 Å². The average Bonchev–Trinajstić information content (AvgIpc) is 2.74. The lowest BCUT2D eigenvalue weighted by Gasteiger charge is -2.45. The van der Waals surface area contributed by atoms with Crippen molar-refractivity contribution < 1.29 is 23.1 Å². The number of benzene rings is 2. The maximum absolute atomic E-state index is 13.4. The van der Waals surface area contributed by atoms with Crippen molar-refractivity contribution in [2.75, 3.05) is 6.54 Å². The zero-order valence-electron chi connectivity index (χ0n) is 16.1. The van der Waals surface area contributed by atoms with Gasteiger partial charge in [-0.05, 0) is 48.4 Å². The van der Waals surface area contributed by atoms with Gasteiger partial charge in [-0.15, -0.1) is 0 Å². The maximum Gasteiger partial charge on any atom is 0.507 e. The molecule has 2 aromatic rings. The lowest BCUT2D eigenvalue weighted by molar-refractivity contribution is -0.0819. The van der Waals surface area contributed by atoms with Crippen LogP contribution in [0.1, 0.15) is 32.1 Å². The first-order valence-electron chi connectivity index (χ1n) is 10.0. The van der Waals surface area contributed by atoms with E-state index in [0.29, 0.717) is 5.92 Å². The Bertz CT molecular complexity index is 958. The Morgan fingerprint density at radius 1 is 0.931 bits per heavy atom. The largest absolute Gasteiger partial charge is 0.507 e. The summed E-state index contributed by atoms with van der Waals surface area (Å²) in [4.78, 5) is 11.5. The van der Waals surface area contributed by atoms with Gasteiger partial charge in [0.1, 0.15) is 0 Å². The molecule has 1 saturated carbocycles. The zero-order chi connectivity index (χ0) is 20.4. The van der Waals surface area contributed by atoms with Gasteiger partial charge in [0, 0.05) is 12.5 Å². The first kappa shape index (κ1) is 19.9. The fourth-order valence-electron chi connectivity index (χ4n) is 4.70. The zero-order valence-corrected chi connectivity index (χ0v) is 16.9. The number of hydrogen-bond acceptors (Lipinski definition) is 4. The summed E-state index contributed by atoms with van der Waals surface area (Å²) in [5.74, 6) is 0.243. The van der Waals surface area contributed by atoms with Crippen molar-refractivity contribution in [3.63, 3.8) is 0 Å². The Balaban J connectivity index is 1.63. The van der Waals surface area contributed by atoms with Crippen LogP contribution < -0.4 is 0 Å². The highest BCUT2D eigenvalue weighted by Gasteiger charge is 2.46. The lowest BCUT2D eigenvalue weighted by Crippen LogP contribution is -2.54. The van der Waals surface area contributed by atoms with Crippen molar-refractivity contribution in [1.82, 2.24) is 4.31 Å². The molecule has 7 heteroatoms. The molecule has 154 valence electrons. The molecule has 2 fully saturated rings. The molecule has 1 aliphatic heterocycles. The van der Waals surface area contributed by atoms with Crippen LogP contribution in [0.15, 0.2) is 59.5 Å². The molecule has 0 spiro atoms. The van der Waals surface area contributed by atoms with Crippen molar-refractivity contribution in [3.05, 3.63) is 54.6 Å². The highest BCUT2D eigenvalue weighted by atomic mass is 32.2. The summed E-state index contributed by atoms with van der Waals surface area (Å²) < 4.78 is 33.1. The summed E-state index contributed by atoms with van der Waals surface area (Å²) in [5.41, 5.74) is 1.93. The predicted molar refractivity (Wildman–Crippen MR) is 109 cm³/mol. The summed E-state index contributed by atoms with van der Waals surface area (Å²) in [6.07, 6.45) is 2.23. The van der Waals surface area contributed by atoms with E-state index in [0.717, 1.165) is 43.2 Å². The second-order valence-corrected chi connectivity index (χ2v) is 9.67. The smallest absolute Gasteiger partial charge is 0.450 e. The van der Waals surface area contributed by atoms with E-state index >= 15 is 0 Å². The van der Waals surface area contributed by atoms with Crippen molar-refractivity contribution in [2.24, 2.45) is 11.8 Å². The van der Waals surface area contributed by atoms with Gasteiger partial charge in [0.05, 0.1) is 4.90 Å². The highest BCUT2D eigenvalue weighted by molar-refractivity contribution is 7.89. The number of sulfonamides is 1. The number of ether oxygens (including phenoxy) is 1. The van der Waals surface area contributed by atoms with Crippen molar-refractivity contribution in [2.45, 2.75) is 43.2 Å². The molecular formula is C22H25NO5S. The first-order valence-corrected chi connectivity index (χ1v) is 11.5. The standard InChI is InChI=1S/C22H25NO5S/c24-22(25)28-21-20-9-5-4-8-18(20)14-15-23(21)29(26,27)19-12-10-17(11-13-19)16-6-2-1-3-7-16/h1-3,6-7,10-13,18,20-21H,4-5,8-9,14-15H2,(H,24,25). The second-order valence-electron chi connectivity index (χ2n) is 7.78. The summed E-state index contributed by atoms with van der Waals surface area (Å²) in [6, 6.07) is 16.5. The molecule has 4 rings (SSSR count). The molecule has 3 atom stereocenters. The Hall–Kier alpha value is -2.38. The van der Waals surface area contributed by atoms with Crippen LogP contribution in [0.25, 0.3) is 11.1 Å². The molecule has 2 aromatic carbocycles. The van der Waals surface area contributed by atoms with Crippen molar-refractivity contribution in [3.8, 4) is 11.1 Å². The number of fused-ring (bicyclic) bond motifs is 1. The van der Waals surface area contributed by atoms with Gasteiger partial charge in [-0.3, -0.25) is 0 Å². The van der Waals surface area contributed by atoms with Gasteiger partial charge in [0.15, 0.2) is 6.23 Å². The monoisotopic (exact) mass is 415 g/mol. The van der Waals surface area contributed by atoms with Gasteiger partial charge in [-0.1, -0.05) is 55.3 Å². The topological polar surface area (TPSA) is 83.9 Å². The van der Waals surface area contributed by atoms with Gasteiger partial charge in [-0.2, -0.15) is 4.31 Å². The Morgan fingerprint density at radius 3 is 2.28 bits per heavy atom. The van der Waals surface area contributed by atoms with Crippen LogP contribution in [0, 0.1) is 11.8 Å². The minimum absolute atomic E-state index is 0.0769. The van der Waals surface area contributed by atoms with Crippen LogP contribution in [0.3, 0.4) is 0 Å². The summed E-state index contributed by atoms with van der Waals surface area (Å²) >= 11 is 0. The molecule has 0 bridgehead atoms. The lowest BCUT2D eigenvalue weighted by atomic mass is 9.74. The molecule has 1 saturated heterocycles. The van der Waals surface area contributed by atoms with E-state index in [1.165, 1.54) is 4.31 Å². The van der Waals surface area contributed by atoms with E-state index in [4.69, 9.17) is 4.74 Å². The third-order valence-corrected chi connectivity index (χ3v) is 8.00. The molecule has 1 heterocycles. The minimum atomic E-state index is -3.86. The Labute approximate surface area is 171 Å². The molecule has 0 aromatic heterocycles. The summed E-state index contributed by atoms with van der Waals surface area (Å²) in [7, 11) is -3.86. The third-order valence-electron chi connectivity index (χ3n) is 6.13. The van der Waals surface area contributed by atoms with E-state index in [-0.39, 0.29) is 17.4 Å². The molecule has 2 aliphatic rings. The molecular weight excluding hydrogens is 390 g/mol. The van der Waals surface area contributed by atoms with Gasteiger partial charge in [-0.25, -0.2) is 13.2 Å². The summed E-state index contributed by atoms with van der Waals surface area (Å²) in [6.45, 7) is 0.280. The van der Waals surface area contributed by atoms with Crippen molar-refractivity contribution in [1.29, 1.82) is 0 Å². The first-order chi connectivity index (χ1) is 14.0. The van der Waals surface area contributed by atoms with E-state index in [1.807, 2.05) is 30.3 Å². The molecule has 0 amide bonds. The number of piperidine rings is 1. The number of carboxylic acid groups (broad SMARTS) is 1. The fraction of sp³-hybridized carbons (Fsp3) is 0.409. The quantitative estimate of drug-likeness (QED) is 0.739. The summed E-state index contributed by atoms with van der Waals surface area (Å²) in [5, 5.41) is 9.23. The molecule has 0 radical (unpaired) electrons. The number of nitrogens with zero attached hydrogens (tertiary/aromatic N) is 1. The normalized spacial score (nSPS) is 25.2. The van der Waals surface area contributed by atoms with E-state index < -0.39 is 22.4 Å². The third kappa shape index (κ3) is 4.02. The Kier molecular flexibility index (Phi) is 5.61. The number of carbonyl (C=O) groups is 1. The van der Waals surface area contributed by atoms with Crippen LogP contribution in [0.2, 0.25) is 0 Å². The van der Waals surface area contributed by atoms with Gasteiger partial charge in [0.25, 0.3) is 0 Å². The van der Waals surface area contributed by atoms with Gasteiger partial charge < -0.3 is 9.84 Å². The average molecular weight is 416 g/mol. The van der Waals surface area contributed by atoms with Gasteiger partial charge >= 0.3 is 6.16 Å². The van der Waals surface area contributed by atoms with E-state index in [1.54, 1.807) is 24.3 Å². The SMILES string of the molecule is O=C(O)OC1C2CCCCC2CCN1S(=O)(=O)c1ccc(-c2ccccc2)cc1. The molecule has 6 nitrogen and oxygen atoms in total. The number of rotatable bonds is 4. The maximum atomic E-state index is 13.4. The van der Waals surface area contributed by atoms with Crippen LogP contribution >= 0.6 is 0 Å². The van der Waals surface area contributed by atoms with Gasteiger partial charge in [0.2, 0.25) is 10.0 Å². The highest BCUT2D eigenvalue weighted by Crippen LogP contribution is 2.42. The molecule has 1 N–H and O–H groups in total. The molecule has 29 heavy (non-hydrogen) atoms. The van der Waals surface area contributed by atoms with E-state index in [9.17, 15) is 18.3 Å². The van der Waals surface area contributed by atoms with Crippen molar-refractivity contribution >= 4 is 16.2 Å².